The quantitative estimate of drug-likeness (QED) is 0.417. The summed E-state index contributed by atoms with van der Waals surface area (Å²) in [4.78, 5) is 16.7. The number of thioether (sulfide) groups is 1. The van der Waals surface area contributed by atoms with Gasteiger partial charge in [0.2, 0.25) is 5.91 Å². The van der Waals surface area contributed by atoms with E-state index < -0.39 is 17.7 Å². The second-order valence-electron chi connectivity index (χ2n) is 6.96. The minimum absolute atomic E-state index is 0.0468. The van der Waals surface area contributed by atoms with Crippen LogP contribution in [0.5, 0.6) is 0 Å². The van der Waals surface area contributed by atoms with Gasteiger partial charge in [-0.15, -0.1) is 10.2 Å². The lowest BCUT2D eigenvalue weighted by molar-refractivity contribution is -0.119. The van der Waals surface area contributed by atoms with Crippen molar-refractivity contribution in [3.05, 3.63) is 90.3 Å². The Hall–Kier alpha value is -3.59. The van der Waals surface area contributed by atoms with Crippen LogP contribution in [0, 0.1) is 11.6 Å². The monoisotopic (exact) mass is 451 g/mol. The van der Waals surface area contributed by atoms with E-state index in [0.29, 0.717) is 11.0 Å². The number of hydrogen-bond donors (Lipinski definition) is 1. The molecule has 0 saturated heterocycles. The summed E-state index contributed by atoms with van der Waals surface area (Å²) in [5.74, 6) is -1.02. The third-order valence-electron chi connectivity index (χ3n) is 4.71. The van der Waals surface area contributed by atoms with Crippen LogP contribution in [0.25, 0.3) is 17.1 Å². The van der Waals surface area contributed by atoms with Crippen LogP contribution >= 0.6 is 11.8 Å². The van der Waals surface area contributed by atoms with Gasteiger partial charge in [0, 0.05) is 35.3 Å². The molecular weight excluding hydrogens is 432 g/mol. The minimum Gasteiger partial charge on any atom is -0.349 e. The summed E-state index contributed by atoms with van der Waals surface area (Å²) in [6, 6.07) is 16.0. The molecule has 0 spiro atoms. The topological polar surface area (TPSA) is 72.7 Å². The maximum absolute atomic E-state index is 14.0. The summed E-state index contributed by atoms with van der Waals surface area (Å²) < 4.78 is 29.0. The maximum Gasteiger partial charge on any atom is 0.230 e. The standard InChI is InChI=1S/C23H19F2N5OS/c1-15(19-10-9-17(24)12-20(19)25)27-21(31)14-32-23-29-28-22(16-6-5-11-26-13-16)30(23)18-7-3-2-4-8-18/h2-13,15H,14H2,1H3,(H,27,31). The zero-order valence-corrected chi connectivity index (χ0v) is 17.9. The van der Waals surface area contributed by atoms with Crippen LogP contribution in [0.4, 0.5) is 8.78 Å². The molecular formula is C23H19F2N5OS. The molecule has 6 nitrogen and oxygen atoms in total. The van der Waals surface area contributed by atoms with E-state index in [1.807, 2.05) is 47.0 Å². The number of hydrogen-bond acceptors (Lipinski definition) is 5. The van der Waals surface area contributed by atoms with Crippen molar-refractivity contribution in [2.24, 2.45) is 0 Å². The average Bonchev–Trinajstić information content (AvgIpc) is 3.23. The van der Waals surface area contributed by atoms with E-state index in [1.54, 1.807) is 19.3 Å². The first-order valence-electron chi connectivity index (χ1n) is 9.81. The van der Waals surface area contributed by atoms with Crippen molar-refractivity contribution in [1.82, 2.24) is 25.1 Å². The van der Waals surface area contributed by atoms with Gasteiger partial charge in [-0.3, -0.25) is 14.3 Å². The minimum atomic E-state index is -0.699. The highest BCUT2D eigenvalue weighted by Gasteiger charge is 2.19. The lowest BCUT2D eigenvalue weighted by Gasteiger charge is -2.15. The molecule has 1 N–H and O–H groups in total. The van der Waals surface area contributed by atoms with Crippen LogP contribution in [0.2, 0.25) is 0 Å². The van der Waals surface area contributed by atoms with Gasteiger partial charge >= 0.3 is 0 Å². The normalized spacial score (nSPS) is 11.8. The Kier molecular flexibility index (Phi) is 6.55. The molecule has 0 aliphatic rings. The van der Waals surface area contributed by atoms with Gasteiger partial charge in [0.25, 0.3) is 0 Å². The van der Waals surface area contributed by atoms with E-state index in [4.69, 9.17) is 0 Å². The highest BCUT2D eigenvalue weighted by Crippen LogP contribution is 2.27. The highest BCUT2D eigenvalue weighted by atomic mass is 32.2. The van der Waals surface area contributed by atoms with Gasteiger partial charge in [0.05, 0.1) is 11.8 Å². The molecule has 2 heterocycles. The first-order valence-corrected chi connectivity index (χ1v) is 10.8. The molecule has 0 radical (unpaired) electrons. The summed E-state index contributed by atoms with van der Waals surface area (Å²) >= 11 is 1.21. The molecule has 0 bridgehead atoms. The molecule has 2 aromatic carbocycles. The molecule has 2 aromatic heterocycles. The van der Waals surface area contributed by atoms with Crippen LogP contribution in [0.15, 0.2) is 78.2 Å². The number of rotatable bonds is 7. The predicted octanol–water partition coefficient (Wildman–Crippen LogP) is 4.58. The Bertz CT molecular complexity index is 1220. The number of carbonyl (C=O) groups excluding carboxylic acids is 1. The van der Waals surface area contributed by atoms with Crippen molar-refractivity contribution in [2.45, 2.75) is 18.1 Å². The lowest BCUT2D eigenvalue weighted by atomic mass is 10.1. The van der Waals surface area contributed by atoms with Crippen molar-refractivity contribution >= 4 is 17.7 Å². The third kappa shape index (κ3) is 4.83. The fourth-order valence-corrected chi connectivity index (χ4v) is 3.96. The van der Waals surface area contributed by atoms with Crippen molar-refractivity contribution in [3.63, 3.8) is 0 Å². The molecule has 4 aromatic rings. The van der Waals surface area contributed by atoms with Gasteiger partial charge in [0.1, 0.15) is 11.6 Å². The van der Waals surface area contributed by atoms with Gasteiger partial charge < -0.3 is 5.32 Å². The molecule has 1 amide bonds. The fraction of sp³-hybridized carbons (Fsp3) is 0.130. The van der Waals surface area contributed by atoms with Gasteiger partial charge in [-0.25, -0.2) is 8.78 Å². The van der Waals surface area contributed by atoms with E-state index in [1.165, 1.54) is 17.8 Å². The molecule has 0 saturated carbocycles. The van der Waals surface area contributed by atoms with Crippen molar-refractivity contribution < 1.29 is 13.6 Å². The molecule has 4 rings (SSSR count). The number of halogens is 2. The molecule has 0 aliphatic heterocycles. The second kappa shape index (κ2) is 9.69. The van der Waals surface area contributed by atoms with Gasteiger partial charge in [-0.2, -0.15) is 0 Å². The predicted molar refractivity (Wildman–Crippen MR) is 118 cm³/mol. The Balaban J connectivity index is 1.52. The number of nitrogens with one attached hydrogen (secondary N) is 1. The van der Waals surface area contributed by atoms with Crippen LogP contribution < -0.4 is 5.32 Å². The zero-order valence-electron chi connectivity index (χ0n) is 17.1. The van der Waals surface area contributed by atoms with E-state index in [-0.39, 0.29) is 17.2 Å². The van der Waals surface area contributed by atoms with Crippen LogP contribution in [0.1, 0.15) is 18.5 Å². The van der Waals surface area contributed by atoms with Crippen molar-refractivity contribution in [3.8, 4) is 17.1 Å². The van der Waals surface area contributed by atoms with E-state index >= 15 is 0 Å². The molecule has 1 unspecified atom stereocenters. The first-order chi connectivity index (χ1) is 15.5. The molecule has 0 aliphatic carbocycles. The van der Waals surface area contributed by atoms with Crippen LogP contribution in [-0.2, 0) is 4.79 Å². The number of benzene rings is 2. The van der Waals surface area contributed by atoms with Crippen molar-refractivity contribution in [2.75, 3.05) is 5.75 Å². The second-order valence-corrected chi connectivity index (χ2v) is 7.91. The summed E-state index contributed by atoms with van der Waals surface area (Å²) in [5, 5.41) is 11.8. The molecule has 9 heteroatoms. The van der Waals surface area contributed by atoms with Crippen LogP contribution in [-0.4, -0.2) is 31.4 Å². The number of pyridine rings is 1. The third-order valence-corrected chi connectivity index (χ3v) is 5.64. The summed E-state index contributed by atoms with van der Waals surface area (Å²) in [6.45, 7) is 1.64. The number of amides is 1. The molecule has 32 heavy (non-hydrogen) atoms. The maximum atomic E-state index is 14.0. The molecule has 162 valence electrons. The largest absolute Gasteiger partial charge is 0.349 e. The van der Waals surface area contributed by atoms with Gasteiger partial charge in [-0.1, -0.05) is 36.0 Å². The summed E-state index contributed by atoms with van der Waals surface area (Å²) in [7, 11) is 0. The van der Waals surface area contributed by atoms with E-state index in [0.717, 1.165) is 23.4 Å². The fourth-order valence-electron chi connectivity index (χ4n) is 3.20. The molecule has 0 fully saturated rings. The smallest absolute Gasteiger partial charge is 0.230 e. The Morgan fingerprint density at radius 2 is 1.91 bits per heavy atom. The van der Waals surface area contributed by atoms with E-state index in [9.17, 15) is 13.6 Å². The SMILES string of the molecule is CC(NC(=O)CSc1nnc(-c2cccnc2)n1-c1ccccc1)c1ccc(F)cc1F. The zero-order chi connectivity index (χ0) is 22.5. The number of para-hydroxylation sites is 1. The van der Waals surface area contributed by atoms with E-state index in [2.05, 4.69) is 20.5 Å². The number of aromatic nitrogens is 4. The summed E-state index contributed by atoms with van der Waals surface area (Å²) in [6.07, 6.45) is 3.38. The number of nitrogens with zero attached hydrogens (tertiary/aromatic N) is 4. The average molecular weight is 452 g/mol. The molecule has 1 atom stereocenters. The first kappa shape index (κ1) is 21.6. The Morgan fingerprint density at radius 1 is 1.09 bits per heavy atom. The summed E-state index contributed by atoms with van der Waals surface area (Å²) in [5.41, 5.74) is 1.86. The van der Waals surface area contributed by atoms with Gasteiger partial charge in [0.15, 0.2) is 11.0 Å². The lowest BCUT2D eigenvalue weighted by Crippen LogP contribution is -2.28. The van der Waals surface area contributed by atoms with Gasteiger partial charge in [-0.05, 0) is 37.3 Å². The Labute approximate surface area is 187 Å². The van der Waals surface area contributed by atoms with Crippen molar-refractivity contribution in [1.29, 1.82) is 0 Å². The number of carbonyl (C=O) groups is 1. The Morgan fingerprint density at radius 3 is 2.62 bits per heavy atom. The highest BCUT2D eigenvalue weighted by molar-refractivity contribution is 7.99. The van der Waals surface area contributed by atoms with Crippen LogP contribution in [0.3, 0.4) is 0 Å².